The average molecular weight is 279 g/mol. The van der Waals surface area contributed by atoms with Gasteiger partial charge in [0.1, 0.15) is 5.82 Å². The van der Waals surface area contributed by atoms with Gasteiger partial charge >= 0.3 is 0 Å². The lowest BCUT2D eigenvalue weighted by molar-refractivity contribution is -0.134. The number of amides is 1. The maximum absolute atomic E-state index is 12.8. The minimum absolute atomic E-state index is 0.0171. The molecule has 0 atom stereocenters. The molecule has 0 radical (unpaired) electrons. The number of nitrogens with zero attached hydrogens (tertiary/aromatic N) is 1. The Morgan fingerprint density at radius 1 is 1.30 bits per heavy atom. The van der Waals surface area contributed by atoms with Gasteiger partial charge in [-0.1, -0.05) is 25.0 Å². The Hall–Kier alpha value is -1.42. The van der Waals surface area contributed by atoms with Crippen LogP contribution in [0.15, 0.2) is 24.3 Å². The van der Waals surface area contributed by atoms with E-state index >= 15 is 0 Å². The van der Waals surface area contributed by atoms with Gasteiger partial charge < -0.3 is 10.0 Å². The van der Waals surface area contributed by atoms with Crippen molar-refractivity contribution in [2.75, 3.05) is 13.6 Å². The lowest BCUT2D eigenvalue weighted by Gasteiger charge is -2.25. The summed E-state index contributed by atoms with van der Waals surface area (Å²) < 4.78 is 12.8. The summed E-state index contributed by atoms with van der Waals surface area (Å²) in [6, 6.07) is 6.33. The highest BCUT2D eigenvalue weighted by molar-refractivity contribution is 5.77. The maximum Gasteiger partial charge on any atom is 0.225 e. The minimum atomic E-state index is -0.790. The second-order valence-electron chi connectivity index (χ2n) is 5.80. The van der Waals surface area contributed by atoms with E-state index in [0.717, 1.165) is 31.2 Å². The van der Waals surface area contributed by atoms with E-state index in [4.69, 9.17) is 0 Å². The van der Waals surface area contributed by atoms with Crippen molar-refractivity contribution in [3.63, 3.8) is 0 Å². The molecule has 1 amide bonds. The first-order valence-corrected chi connectivity index (χ1v) is 7.19. The molecule has 1 aliphatic carbocycles. The van der Waals surface area contributed by atoms with Crippen molar-refractivity contribution in [3.05, 3.63) is 35.6 Å². The number of rotatable bonds is 5. The fourth-order valence-electron chi connectivity index (χ4n) is 2.70. The van der Waals surface area contributed by atoms with Gasteiger partial charge in [0.15, 0.2) is 0 Å². The maximum atomic E-state index is 12.8. The summed E-state index contributed by atoms with van der Waals surface area (Å²) in [5, 5.41) is 10.2. The molecule has 20 heavy (non-hydrogen) atoms. The summed E-state index contributed by atoms with van der Waals surface area (Å²) in [5.74, 6) is -0.266. The lowest BCUT2D eigenvalue weighted by atomic mass is 9.97. The van der Waals surface area contributed by atoms with Gasteiger partial charge in [-0.15, -0.1) is 0 Å². The molecule has 3 nitrogen and oxygen atoms in total. The highest BCUT2D eigenvalue weighted by atomic mass is 19.1. The van der Waals surface area contributed by atoms with Crippen LogP contribution in [0.5, 0.6) is 0 Å². The number of carbonyl (C=O) groups excluding carboxylic acids is 1. The zero-order valence-electron chi connectivity index (χ0n) is 11.9. The van der Waals surface area contributed by atoms with Crippen LogP contribution in [0.25, 0.3) is 0 Å². The molecule has 1 fully saturated rings. The van der Waals surface area contributed by atoms with Gasteiger partial charge in [-0.05, 0) is 37.0 Å². The predicted octanol–water partition coefficient (Wildman–Crippen LogP) is 2.52. The molecule has 0 unspecified atom stereocenters. The Kier molecular flexibility index (Phi) is 4.76. The molecule has 0 aromatic heterocycles. The Morgan fingerprint density at radius 2 is 1.90 bits per heavy atom. The van der Waals surface area contributed by atoms with Crippen LogP contribution in [-0.4, -0.2) is 35.1 Å². The van der Waals surface area contributed by atoms with E-state index in [0.29, 0.717) is 13.0 Å². The lowest BCUT2D eigenvalue weighted by Crippen LogP contribution is -2.36. The van der Waals surface area contributed by atoms with Crippen LogP contribution in [0.4, 0.5) is 4.39 Å². The molecule has 4 heteroatoms. The number of carbonyl (C=O) groups is 1. The fourth-order valence-corrected chi connectivity index (χ4v) is 2.70. The van der Waals surface area contributed by atoms with Crippen molar-refractivity contribution >= 4 is 5.91 Å². The molecule has 1 N–H and O–H groups in total. The number of halogens is 1. The van der Waals surface area contributed by atoms with Crippen molar-refractivity contribution < 1.29 is 14.3 Å². The molecule has 0 heterocycles. The second kappa shape index (κ2) is 6.35. The highest BCUT2D eigenvalue weighted by Gasteiger charge is 2.34. The number of aliphatic hydroxyl groups is 1. The summed E-state index contributed by atoms with van der Waals surface area (Å²) in [4.78, 5) is 13.7. The molecule has 0 spiro atoms. The van der Waals surface area contributed by atoms with Crippen LogP contribution in [0.2, 0.25) is 0 Å². The van der Waals surface area contributed by atoms with E-state index < -0.39 is 5.60 Å². The SMILES string of the molecule is CN(CCc1ccc(F)cc1)C(=O)CC1(O)CCCC1. The molecule has 110 valence electrons. The molecule has 1 aliphatic rings. The van der Waals surface area contributed by atoms with Crippen molar-refractivity contribution in [2.24, 2.45) is 0 Å². The molecule has 0 aliphatic heterocycles. The monoisotopic (exact) mass is 279 g/mol. The largest absolute Gasteiger partial charge is 0.389 e. The van der Waals surface area contributed by atoms with Gasteiger partial charge in [-0.25, -0.2) is 4.39 Å². The number of likely N-dealkylation sites (N-methyl/N-ethyl adjacent to an activating group) is 1. The van der Waals surface area contributed by atoms with Gasteiger partial charge in [0, 0.05) is 13.6 Å². The summed E-state index contributed by atoms with van der Waals surface area (Å²) in [5.41, 5.74) is 0.215. The van der Waals surface area contributed by atoms with Crippen LogP contribution in [0, 0.1) is 5.82 Å². The topological polar surface area (TPSA) is 40.5 Å². The Morgan fingerprint density at radius 3 is 2.50 bits per heavy atom. The quantitative estimate of drug-likeness (QED) is 0.899. The van der Waals surface area contributed by atoms with E-state index in [-0.39, 0.29) is 18.1 Å². The molecule has 1 aromatic rings. The molecule has 0 bridgehead atoms. The van der Waals surface area contributed by atoms with E-state index in [1.54, 1.807) is 24.1 Å². The first-order chi connectivity index (χ1) is 9.48. The van der Waals surface area contributed by atoms with Gasteiger partial charge in [0.05, 0.1) is 12.0 Å². The molecular formula is C16H22FNO2. The molecule has 1 saturated carbocycles. The third-order valence-electron chi connectivity index (χ3n) is 4.09. The van der Waals surface area contributed by atoms with E-state index in [2.05, 4.69) is 0 Å². The summed E-state index contributed by atoms with van der Waals surface area (Å²) in [6.45, 7) is 0.584. The smallest absolute Gasteiger partial charge is 0.225 e. The Balaban J connectivity index is 1.80. The third-order valence-corrected chi connectivity index (χ3v) is 4.09. The summed E-state index contributed by atoms with van der Waals surface area (Å²) in [6.07, 6.45) is 4.37. The average Bonchev–Trinajstić information content (AvgIpc) is 2.84. The fraction of sp³-hybridized carbons (Fsp3) is 0.562. The normalized spacial score (nSPS) is 17.1. The van der Waals surface area contributed by atoms with Crippen LogP contribution >= 0.6 is 0 Å². The Labute approximate surface area is 119 Å². The van der Waals surface area contributed by atoms with Crippen molar-refractivity contribution in [2.45, 2.75) is 44.1 Å². The number of benzene rings is 1. The summed E-state index contributed by atoms with van der Waals surface area (Å²) >= 11 is 0. The summed E-state index contributed by atoms with van der Waals surface area (Å²) in [7, 11) is 1.75. The van der Waals surface area contributed by atoms with Crippen LogP contribution in [-0.2, 0) is 11.2 Å². The molecule has 2 rings (SSSR count). The number of hydrogen-bond acceptors (Lipinski definition) is 2. The standard InChI is InChI=1S/C16H22FNO2/c1-18(11-8-13-4-6-14(17)7-5-13)15(19)12-16(20)9-2-3-10-16/h4-7,20H,2-3,8-12H2,1H3. The first-order valence-electron chi connectivity index (χ1n) is 7.19. The van der Waals surface area contributed by atoms with Gasteiger partial charge in [0.25, 0.3) is 0 Å². The van der Waals surface area contributed by atoms with Crippen LogP contribution < -0.4 is 0 Å². The third kappa shape index (κ3) is 4.04. The van der Waals surface area contributed by atoms with Crippen LogP contribution in [0.3, 0.4) is 0 Å². The Bertz CT molecular complexity index is 452. The molecule has 0 saturated heterocycles. The van der Waals surface area contributed by atoms with Gasteiger partial charge in [0.2, 0.25) is 5.91 Å². The van der Waals surface area contributed by atoms with Gasteiger partial charge in [-0.2, -0.15) is 0 Å². The van der Waals surface area contributed by atoms with E-state index in [9.17, 15) is 14.3 Å². The number of hydrogen-bond donors (Lipinski definition) is 1. The molecule has 1 aromatic carbocycles. The van der Waals surface area contributed by atoms with Crippen molar-refractivity contribution in [1.29, 1.82) is 0 Å². The van der Waals surface area contributed by atoms with Crippen molar-refractivity contribution in [3.8, 4) is 0 Å². The van der Waals surface area contributed by atoms with Gasteiger partial charge in [-0.3, -0.25) is 4.79 Å². The zero-order valence-corrected chi connectivity index (χ0v) is 11.9. The first kappa shape index (κ1) is 15.0. The predicted molar refractivity (Wildman–Crippen MR) is 75.8 cm³/mol. The second-order valence-corrected chi connectivity index (χ2v) is 5.80. The zero-order chi connectivity index (χ0) is 14.6. The van der Waals surface area contributed by atoms with Crippen molar-refractivity contribution in [1.82, 2.24) is 4.90 Å². The van der Waals surface area contributed by atoms with E-state index in [1.807, 2.05) is 0 Å². The highest BCUT2D eigenvalue weighted by Crippen LogP contribution is 2.32. The minimum Gasteiger partial charge on any atom is -0.389 e. The molecular weight excluding hydrogens is 257 g/mol. The van der Waals surface area contributed by atoms with E-state index in [1.165, 1.54) is 12.1 Å². The van der Waals surface area contributed by atoms with Crippen LogP contribution in [0.1, 0.15) is 37.7 Å².